The van der Waals surface area contributed by atoms with Gasteiger partial charge in [0.2, 0.25) is 5.88 Å². The predicted octanol–water partition coefficient (Wildman–Crippen LogP) is 6.15. The molecule has 45 heavy (non-hydrogen) atoms. The van der Waals surface area contributed by atoms with Crippen LogP contribution in [0.5, 0.6) is 17.4 Å². The maximum Gasteiger partial charge on any atom is 0.430 e. The number of aryl methyl sites for hydroxylation is 1. The Morgan fingerprint density at radius 3 is 2.20 bits per heavy atom. The van der Waals surface area contributed by atoms with Crippen LogP contribution in [0.15, 0.2) is 67.3 Å². The van der Waals surface area contributed by atoms with Crippen molar-refractivity contribution in [2.24, 2.45) is 0 Å². The van der Waals surface area contributed by atoms with Gasteiger partial charge >= 0.3 is 18.5 Å². The number of hydrogen-bond donors (Lipinski definition) is 2. The van der Waals surface area contributed by atoms with Gasteiger partial charge in [0, 0.05) is 35.7 Å². The highest BCUT2D eigenvalue weighted by Gasteiger charge is 2.71. The summed E-state index contributed by atoms with van der Waals surface area (Å²) in [4.78, 5) is 22.6. The van der Waals surface area contributed by atoms with E-state index in [0.717, 1.165) is 6.07 Å². The highest BCUT2D eigenvalue weighted by molar-refractivity contribution is 5.91. The third kappa shape index (κ3) is 6.62. The van der Waals surface area contributed by atoms with Crippen LogP contribution in [0.3, 0.4) is 0 Å². The summed E-state index contributed by atoms with van der Waals surface area (Å²) in [5.74, 6) is -0.706. The molecule has 0 bridgehead atoms. The van der Waals surface area contributed by atoms with Gasteiger partial charge < -0.3 is 19.9 Å². The van der Waals surface area contributed by atoms with Gasteiger partial charge in [0.15, 0.2) is 6.61 Å². The van der Waals surface area contributed by atoms with E-state index in [1.165, 1.54) is 55.4 Å². The number of alkyl halides is 9. The first-order valence-corrected chi connectivity index (χ1v) is 12.7. The number of aromatic nitrogens is 2. The minimum absolute atomic E-state index is 0.0735. The summed E-state index contributed by atoms with van der Waals surface area (Å²) in [5, 5.41) is 12.6. The van der Waals surface area contributed by atoms with Crippen LogP contribution in [0.2, 0.25) is 0 Å². The lowest BCUT2D eigenvalue weighted by Crippen LogP contribution is -2.53. The Kier molecular flexibility index (Phi) is 8.47. The molecule has 1 fully saturated rings. The molecule has 8 nitrogen and oxygen atoms in total. The largest absolute Gasteiger partial charge is 0.468 e. The number of carbonyl (C=O) groups excluding carboxylic acids is 1. The average molecular weight is 650 g/mol. The number of nitrogens with zero attached hydrogens (tertiary/aromatic N) is 3. The van der Waals surface area contributed by atoms with Gasteiger partial charge in [-0.1, -0.05) is 12.6 Å². The van der Waals surface area contributed by atoms with Crippen LogP contribution >= 0.6 is 0 Å². The number of halogens is 9. The van der Waals surface area contributed by atoms with Crippen molar-refractivity contribution in [3.8, 4) is 17.4 Å². The number of benzene rings is 1. The van der Waals surface area contributed by atoms with Gasteiger partial charge in [0.25, 0.3) is 11.5 Å². The zero-order valence-corrected chi connectivity index (χ0v) is 23.2. The molecule has 3 heterocycles. The third-order valence-corrected chi connectivity index (χ3v) is 6.84. The maximum absolute atomic E-state index is 13.4. The number of carbonyl (C=O) groups is 1. The van der Waals surface area contributed by atoms with Crippen LogP contribution in [0, 0.1) is 6.92 Å². The normalized spacial score (nSPS) is 17.8. The fourth-order valence-electron chi connectivity index (χ4n) is 4.45. The van der Waals surface area contributed by atoms with Gasteiger partial charge in [-0.15, -0.1) is 0 Å². The third-order valence-electron chi connectivity index (χ3n) is 6.84. The summed E-state index contributed by atoms with van der Waals surface area (Å²) in [6.07, 6.45) is -14.2. The molecule has 17 heteroatoms. The molecule has 242 valence electrons. The first-order valence-electron chi connectivity index (χ1n) is 12.7. The molecular formula is C28H23F9N4O4. The number of rotatable bonds is 8. The molecule has 2 N–H and O–H groups in total. The number of nitrogens with one attached hydrogen (secondary N) is 1. The zero-order valence-electron chi connectivity index (χ0n) is 23.2. The summed E-state index contributed by atoms with van der Waals surface area (Å²) >= 11 is 0. The summed E-state index contributed by atoms with van der Waals surface area (Å²) in [6.45, 7) is 4.83. The number of pyridine rings is 2. The van der Waals surface area contributed by atoms with Gasteiger partial charge in [-0.2, -0.15) is 39.5 Å². The average Bonchev–Trinajstić information content (AvgIpc) is 3.15. The first-order chi connectivity index (χ1) is 20.7. The second kappa shape index (κ2) is 11.4. The lowest BCUT2D eigenvalue weighted by Gasteiger charge is -2.33. The SMILES string of the molecule is C=C1NC(C)(c2ccc(OCC(F)(F)F)nc2)C(=O)N1Cc1cc(Oc2ccc(C(O)(C(F)(F)F)C(F)(F)F)cc2C)ccn1. The molecule has 1 aliphatic rings. The highest BCUT2D eigenvalue weighted by atomic mass is 19.4. The Balaban J connectivity index is 1.50. The highest BCUT2D eigenvalue weighted by Crippen LogP contribution is 2.50. The summed E-state index contributed by atoms with van der Waals surface area (Å²) in [6, 6.07) is 7.09. The second-order valence-electron chi connectivity index (χ2n) is 10.1. The number of amides is 1. The second-order valence-corrected chi connectivity index (χ2v) is 10.1. The summed E-state index contributed by atoms with van der Waals surface area (Å²) < 4.78 is 127. The van der Waals surface area contributed by atoms with E-state index in [1.807, 2.05) is 0 Å². The van der Waals surface area contributed by atoms with E-state index in [4.69, 9.17) is 4.74 Å². The van der Waals surface area contributed by atoms with E-state index < -0.39 is 47.7 Å². The van der Waals surface area contributed by atoms with Gasteiger partial charge in [-0.3, -0.25) is 14.7 Å². The van der Waals surface area contributed by atoms with Crippen molar-refractivity contribution in [1.29, 1.82) is 0 Å². The predicted molar refractivity (Wildman–Crippen MR) is 137 cm³/mol. The lowest BCUT2D eigenvalue weighted by atomic mass is 9.91. The monoisotopic (exact) mass is 650 g/mol. The standard InChI is InChI=1S/C28H23F9N4O4/c1-15-10-17(26(43,27(32,33)34)28(35,36)37)4-6-21(15)45-20-8-9-38-19(11-20)13-41-16(2)40-24(3,23(41)42)18-5-7-22(39-12-18)44-14-25(29,30)31/h4-12,40,43H,2,13-14H2,1,3H3. The van der Waals surface area contributed by atoms with Crippen molar-refractivity contribution in [3.63, 3.8) is 0 Å². The summed E-state index contributed by atoms with van der Waals surface area (Å²) in [7, 11) is 0. The Morgan fingerprint density at radius 1 is 0.978 bits per heavy atom. The molecule has 2 aromatic heterocycles. The van der Waals surface area contributed by atoms with E-state index in [-0.39, 0.29) is 41.0 Å². The number of ether oxygens (including phenoxy) is 2. The molecule has 0 radical (unpaired) electrons. The molecule has 3 aromatic rings. The van der Waals surface area contributed by atoms with Crippen LogP contribution in [0.1, 0.15) is 29.3 Å². The molecule has 0 spiro atoms. The van der Waals surface area contributed by atoms with Crippen molar-refractivity contribution in [3.05, 3.63) is 89.6 Å². The van der Waals surface area contributed by atoms with Crippen molar-refractivity contribution in [1.82, 2.24) is 20.2 Å². The van der Waals surface area contributed by atoms with Crippen LogP contribution in [0.4, 0.5) is 39.5 Å². The molecular weight excluding hydrogens is 627 g/mol. The number of hydrogen-bond acceptors (Lipinski definition) is 7. The number of aliphatic hydroxyl groups is 1. The zero-order chi connectivity index (χ0) is 33.6. The fraction of sp³-hybridized carbons (Fsp3) is 0.321. The van der Waals surface area contributed by atoms with Crippen LogP contribution in [0.25, 0.3) is 0 Å². The van der Waals surface area contributed by atoms with Crippen molar-refractivity contribution >= 4 is 5.91 Å². The summed E-state index contributed by atoms with van der Waals surface area (Å²) in [5.41, 5.74) is -7.55. The van der Waals surface area contributed by atoms with Gasteiger partial charge in [0.05, 0.1) is 12.2 Å². The molecule has 1 aromatic carbocycles. The fourth-order valence-corrected chi connectivity index (χ4v) is 4.45. The van der Waals surface area contributed by atoms with Gasteiger partial charge in [-0.25, -0.2) is 4.98 Å². The molecule has 0 saturated carbocycles. The first kappa shape index (κ1) is 33.4. The molecule has 4 rings (SSSR count). The molecule has 1 aliphatic heterocycles. The Hall–Kier alpha value is -4.54. The Bertz CT molecular complexity index is 1580. The van der Waals surface area contributed by atoms with Crippen LogP contribution in [-0.4, -0.2) is 51.0 Å². The minimum atomic E-state index is -6.05. The maximum atomic E-state index is 13.4. The van der Waals surface area contributed by atoms with Crippen LogP contribution in [-0.2, 0) is 22.5 Å². The van der Waals surface area contributed by atoms with Crippen molar-refractivity contribution < 1.29 is 58.9 Å². The molecule has 1 atom stereocenters. The molecule has 1 amide bonds. The van der Waals surface area contributed by atoms with Crippen LogP contribution < -0.4 is 14.8 Å². The molecule has 1 unspecified atom stereocenters. The topological polar surface area (TPSA) is 96.8 Å². The lowest BCUT2D eigenvalue weighted by molar-refractivity contribution is -0.376. The quantitative estimate of drug-likeness (QED) is 0.283. The van der Waals surface area contributed by atoms with Crippen molar-refractivity contribution in [2.75, 3.05) is 6.61 Å². The van der Waals surface area contributed by atoms with Gasteiger partial charge in [0.1, 0.15) is 22.9 Å². The Labute approximate surface area is 249 Å². The van der Waals surface area contributed by atoms with E-state index >= 15 is 0 Å². The van der Waals surface area contributed by atoms with Crippen molar-refractivity contribution in [2.45, 2.75) is 50.1 Å². The minimum Gasteiger partial charge on any atom is -0.468 e. The Morgan fingerprint density at radius 2 is 1.64 bits per heavy atom. The molecule has 0 aliphatic carbocycles. The van der Waals surface area contributed by atoms with Gasteiger partial charge in [-0.05, 0) is 43.7 Å². The smallest absolute Gasteiger partial charge is 0.430 e. The van der Waals surface area contributed by atoms with E-state index in [0.29, 0.717) is 17.7 Å². The van der Waals surface area contributed by atoms with E-state index in [2.05, 4.69) is 26.6 Å². The molecule has 1 saturated heterocycles. The van der Waals surface area contributed by atoms with E-state index in [9.17, 15) is 49.4 Å². The van der Waals surface area contributed by atoms with E-state index in [1.54, 1.807) is 0 Å².